The molecule has 0 aliphatic rings. The molecule has 0 fully saturated rings. The Balaban J connectivity index is 2.40. The first-order chi connectivity index (χ1) is 8.13. The Morgan fingerprint density at radius 1 is 1.24 bits per heavy atom. The highest BCUT2D eigenvalue weighted by Crippen LogP contribution is 2.25. The summed E-state index contributed by atoms with van der Waals surface area (Å²) in [7, 11) is 0. The molecule has 90 valence electrons. The number of hydrogen-bond donors (Lipinski definition) is 1. The first-order valence-corrected chi connectivity index (χ1v) is 5.99. The van der Waals surface area contributed by atoms with Crippen molar-refractivity contribution in [2.24, 2.45) is 0 Å². The van der Waals surface area contributed by atoms with E-state index in [1.807, 2.05) is 17.8 Å². The van der Waals surface area contributed by atoms with Crippen LogP contribution in [0.4, 0.5) is 5.82 Å². The Labute approximate surface area is 102 Å². The van der Waals surface area contributed by atoms with E-state index in [1.54, 1.807) is 0 Å². The molecule has 1 aromatic heterocycles. The van der Waals surface area contributed by atoms with Gasteiger partial charge in [0, 0.05) is 5.56 Å². The number of aromatic nitrogens is 2. The largest absolute Gasteiger partial charge is 0.384 e. The molecule has 0 saturated carbocycles. The van der Waals surface area contributed by atoms with E-state index in [0.29, 0.717) is 0 Å². The van der Waals surface area contributed by atoms with Crippen LogP contribution >= 0.6 is 0 Å². The molecule has 0 aliphatic carbocycles. The Morgan fingerprint density at radius 3 is 2.35 bits per heavy atom. The summed E-state index contributed by atoms with van der Waals surface area (Å²) in [6.45, 7) is 6.23. The van der Waals surface area contributed by atoms with Crippen molar-refractivity contribution in [2.45, 2.75) is 33.2 Å². The predicted octanol–water partition coefficient (Wildman–Crippen LogP) is 3.08. The molecule has 1 atom stereocenters. The molecule has 2 rings (SSSR count). The van der Waals surface area contributed by atoms with E-state index in [4.69, 9.17) is 5.73 Å². The lowest BCUT2D eigenvalue weighted by Gasteiger charge is -2.18. The van der Waals surface area contributed by atoms with Crippen LogP contribution in [-0.2, 0) is 0 Å². The first-order valence-electron chi connectivity index (χ1n) is 5.99. The molecule has 3 heteroatoms. The number of anilines is 1. The SMILES string of the molecule is CCC(c1ccc(C)cc1)n1ncc(C)c1N. The minimum atomic E-state index is 0.226. The van der Waals surface area contributed by atoms with Crippen LogP contribution in [0.5, 0.6) is 0 Å². The van der Waals surface area contributed by atoms with Crippen LogP contribution in [0.1, 0.15) is 36.1 Å². The van der Waals surface area contributed by atoms with E-state index < -0.39 is 0 Å². The first kappa shape index (κ1) is 11.7. The number of nitrogen functional groups attached to an aromatic ring is 1. The number of rotatable bonds is 3. The molecular weight excluding hydrogens is 210 g/mol. The van der Waals surface area contributed by atoms with Crippen LogP contribution in [-0.4, -0.2) is 9.78 Å². The second kappa shape index (κ2) is 4.62. The molecule has 0 radical (unpaired) electrons. The van der Waals surface area contributed by atoms with Crippen LogP contribution < -0.4 is 5.73 Å². The molecule has 2 aromatic rings. The van der Waals surface area contributed by atoms with Gasteiger partial charge in [-0.1, -0.05) is 36.8 Å². The average molecular weight is 229 g/mol. The third kappa shape index (κ3) is 2.18. The topological polar surface area (TPSA) is 43.8 Å². The average Bonchev–Trinajstić information content (AvgIpc) is 2.65. The van der Waals surface area contributed by atoms with E-state index in [2.05, 4.69) is 43.2 Å². The minimum absolute atomic E-state index is 0.226. The summed E-state index contributed by atoms with van der Waals surface area (Å²) in [6, 6.07) is 8.79. The molecule has 3 nitrogen and oxygen atoms in total. The monoisotopic (exact) mass is 229 g/mol. The fraction of sp³-hybridized carbons (Fsp3) is 0.357. The van der Waals surface area contributed by atoms with Crippen molar-refractivity contribution in [3.63, 3.8) is 0 Å². The zero-order valence-electron chi connectivity index (χ0n) is 10.6. The van der Waals surface area contributed by atoms with Gasteiger partial charge in [0.2, 0.25) is 0 Å². The van der Waals surface area contributed by atoms with Gasteiger partial charge < -0.3 is 5.73 Å². The van der Waals surface area contributed by atoms with Gasteiger partial charge in [0.05, 0.1) is 12.2 Å². The van der Waals surface area contributed by atoms with Crippen molar-refractivity contribution in [3.8, 4) is 0 Å². The summed E-state index contributed by atoms with van der Waals surface area (Å²) in [5.74, 6) is 0.762. The third-order valence-electron chi connectivity index (χ3n) is 3.17. The molecular formula is C14H19N3. The van der Waals surface area contributed by atoms with Crippen LogP contribution in [0.25, 0.3) is 0 Å². The fourth-order valence-corrected chi connectivity index (χ4v) is 2.04. The molecule has 0 bridgehead atoms. The lowest BCUT2D eigenvalue weighted by Crippen LogP contribution is -2.14. The van der Waals surface area contributed by atoms with Crippen molar-refractivity contribution in [3.05, 3.63) is 47.2 Å². The van der Waals surface area contributed by atoms with Crippen LogP contribution in [0.3, 0.4) is 0 Å². The minimum Gasteiger partial charge on any atom is -0.384 e. The van der Waals surface area contributed by atoms with Crippen molar-refractivity contribution in [1.82, 2.24) is 9.78 Å². The van der Waals surface area contributed by atoms with Crippen LogP contribution in [0, 0.1) is 13.8 Å². The normalized spacial score (nSPS) is 12.6. The zero-order chi connectivity index (χ0) is 12.4. The summed E-state index contributed by atoms with van der Waals surface area (Å²) in [4.78, 5) is 0. The number of nitrogens with two attached hydrogens (primary N) is 1. The summed E-state index contributed by atoms with van der Waals surface area (Å²) >= 11 is 0. The van der Waals surface area contributed by atoms with Gasteiger partial charge in [-0.25, -0.2) is 4.68 Å². The van der Waals surface area contributed by atoms with Gasteiger partial charge in [-0.2, -0.15) is 5.10 Å². The standard InChI is InChI=1S/C14H19N3/c1-4-13(12-7-5-10(2)6-8-12)17-14(15)11(3)9-16-17/h5-9,13H,4,15H2,1-3H3. The van der Waals surface area contributed by atoms with E-state index in [-0.39, 0.29) is 6.04 Å². The molecule has 0 amide bonds. The highest BCUT2D eigenvalue weighted by atomic mass is 15.3. The van der Waals surface area contributed by atoms with Crippen LogP contribution in [0.15, 0.2) is 30.5 Å². The molecule has 1 aromatic carbocycles. The van der Waals surface area contributed by atoms with Gasteiger partial charge in [0.25, 0.3) is 0 Å². The Morgan fingerprint density at radius 2 is 1.88 bits per heavy atom. The lowest BCUT2D eigenvalue weighted by molar-refractivity contribution is 0.516. The van der Waals surface area contributed by atoms with Gasteiger partial charge in [-0.3, -0.25) is 0 Å². The van der Waals surface area contributed by atoms with Gasteiger partial charge in [0.15, 0.2) is 0 Å². The number of nitrogens with zero attached hydrogens (tertiary/aromatic N) is 2. The Bertz CT molecular complexity index is 497. The number of aryl methyl sites for hydroxylation is 2. The quantitative estimate of drug-likeness (QED) is 0.879. The van der Waals surface area contributed by atoms with Crippen LogP contribution in [0.2, 0.25) is 0 Å². The van der Waals surface area contributed by atoms with Crippen molar-refractivity contribution >= 4 is 5.82 Å². The maximum Gasteiger partial charge on any atom is 0.125 e. The zero-order valence-corrected chi connectivity index (χ0v) is 10.6. The summed E-state index contributed by atoms with van der Waals surface area (Å²) in [5, 5.41) is 4.38. The summed E-state index contributed by atoms with van der Waals surface area (Å²) in [6.07, 6.45) is 2.81. The highest BCUT2D eigenvalue weighted by molar-refractivity contribution is 5.39. The summed E-state index contributed by atoms with van der Waals surface area (Å²) in [5.41, 5.74) is 9.61. The second-order valence-corrected chi connectivity index (χ2v) is 4.49. The number of hydrogen-bond acceptors (Lipinski definition) is 2. The fourth-order valence-electron chi connectivity index (χ4n) is 2.04. The summed E-state index contributed by atoms with van der Waals surface area (Å²) < 4.78 is 1.92. The molecule has 0 aliphatic heterocycles. The van der Waals surface area contributed by atoms with E-state index in [0.717, 1.165) is 17.8 Å². The van der Waals surface area contributed by atoms with Gasteiger partial charge >= 0.3 is 0 Å². The van der Waals surface area contributed by atoms with Gasteiger partial charge in [0.1, 0.15) is 5.82 Å². The van der Waals surface area contributed by atoms with E-state index >= 15 is 0 Å². The van der Waals surface area contributed by atoms with Crippen molar-refractivity contribution in [1.29, 1.82) is 0 Å². The highest BCUT2D eigenvalue weighted by Gasteiger charge is 2.15. The smallest absolute Gasteiger partial charge is 0.125 e. The molecule has 2 N–H and O–H groups in total. The second-order valence-electron chi connectivity index (χ2n) is 4.49. The maximum absolute atomic E-state index is 6.05. The lowest BCUT2D eigenvalue weighted by atomic mass is 10.0. The van der Waals surface area contributed by atoms with Gasteiger partial charge in [-0.15, -0.1) is 0 Å². The molecule has 1 heterocycles. The van der Waals surface area contributed by atoms with Gasteiger partial charge in [-0.05, 0) is 25.8 Å². The maximum atomic E-state index is 6.05. The molecule has 17 heavy (non-hydrogen) atoms. The Kier molecular flexibility index (Phi) is 3.18. The molecule has 1 unspecified atom stereocenters. The molecule has 0 saturated heterocycles. The number of benzene rings is 1. The van der Waals surface area contributed by atoms with Crippen molar-refractivity contribution < 1.29 is 0 Å². The molecule has 0 spiro atoms. The Hall–Kier alpha value is -1.77. The van der Waals surface area contributed by atoms with E-state index in [9.17, 15) is 0 Å². The predicted molar refractivity (Wildman–Crippen MR) is 71.0 cm³/mol. The third-order valence-corrected chi connectivity index (χ3v) is 3.17. The van der Waals surface area contributed by atoms with Crippen molar-refractivity contribution in [2.75, 3.05) is 5.73 Å². The van der Waals surface area contributed by atoms with E-state index in [1.165, 1.54) is 11.1 Å².